The minimum atomic E-state index is -0.356. The fourth-order valence-corrected chi connectivity index (χ4v) is 1.27. The van der Waals surface area contributed by atoms with Crippen LogP contribution in [-0.4, -0.2) is 39.1 Å². The lowest BCUT2D eigenvalue weighted by atomic mass is 10.5. The van der Waals surface area contributed by atoms with Crippen molar-refractivity contribution in [3.63, 3.8) is 0 Å². The first-order valence-corrected chi connectivity index (χ1v) is 5.92. The average Bonchev–Trinajstić information content (AvgIpc) is 2.49. The highest BCUT2D eigenvalue weighted by atomic mass is 16.5. The Morgan fingerprint density at radius 1 is 1.10 bits per heavy atom. The van der Waals surface area contributed by atoms with Gasteiger partial charge in [-0.05, 0) is 13.0 Å². The maximum absolute atomic E-state index is 11.6. The van der Waals surface area contributed by atoms with E-state index in [1.807, 2.05) is 6.92 Å². The van der Waals surface area contributed by atoms with Gasteiger partial charge < -0.3 is 14.8 Å². The monoisotopic (exact) mass is 275 g/mol. The lowest BCUT2D eigenvalue weighted by Gasteiger charge is -2.06. The Labute approximate surface area is 115 Å². The van der Waals surface area contributed by atoms with Crippen LogP contribution in [0.4, 0.5) is 5.69 Å². The Morgan fingerprint density at radius 3 is 2.40 bits per heavy atom. The molecule has 2 heterocycles. The summed E-state index contributed by atoms with van der Waals surface area (Å²) in [6, 6.07) is 2.06. The third-order valence-corrected chi connectivity index (χ3v) is 2.06. The Balaban J connectivity index is 1.82. The van der Waals surface area contributed by atoms with Crippen LogP contribution in [0.3, 0.4) is 0 Å². The number of aromatic nitrogens is 4. The topological polar surface area (TPSA) is 99.1 Å². The molecule has 0 fully saturated rings. The third-order valence-electron chi connectivity index (χ3n) is 2.06. The van der Waals surface area contributed by atoms with E-state index in [1.165, 1.54) is 24.8 Å². The molecule has 0 aliphatic carbocycles. The number of carbonyl (C=O) groups excluding carboxylic acids is 1. The summed E-state index contributed by atoms with van der Waals surface area (Å²) >= 11 is 0. The number of amides is 1. The molecular formula is C12H13N5O3. The van der Waals surface area contributed by atoms with Crippen molar-refractivity contribution in [2.45, 2.75) is 6.92 Å². The van der Waals surface area contributed by atoms with Gasteiger partial charge in [0.05, 0.1) is 24.7 Å². The average molecular weight is 275 g/mol. The Kier molecular flexibility index (Phi) is 4.76. The SMILES string of the molecule is CCOc1ncc(NC(=O)COc2ncccn2)cn1. The first kappa shape index (κ1) is 13.7. The first-order valence-electron chi connectivity index (χ1n) is 5.92. The van der Waals surface area contributed by atoms with Crippen LogP contribution in [-0.2, 0) is 4.79 Å². The zero-order valence-corrected chi connectivity index (χ0v) is 10.8. The summed E-state index contributed by atoms with van der Waals surface area (Å²) in [6.45, 7) is 2.12. The van der Waals surface area contributed by atoms with Gasteiger partial charge in [0, 0.05) is 12.4 Å². The molecule has 0 aliphatic heterocycles. The number of ether oxygens (including phenoxy) is 2. The molecule has 0 aliphatic rings. The number of anilines is 1. The van der Waals surface area contributed by atoms with Crippen molar-refractivity contribution in [2.24, 2.45) is 0 Å². The van der Waals surface area contributed by atoms with E-state index in [0.717, 1.165) is 0 Å². The van der Waals surface area contributed by atoms with Crippen LogP contribution in [0.15, 0.2) is 30.9 Å². The van der Waals surface area contributed by atoms with Crippen molar-refractivity contribution in [1.29, 1.82) is 0 Å². The molecule has 8 heteroatoms. The zero-order valence-electron chi connectivity index (χ0n) is 10.8. The van der Waals surface area contributed by atoms with Crippen LogP contribution >= 0.6 is 0 Å². The lowest BCUT2D eigenvalue weighted by molar-refractivity contribution is -0.118. The quantitative estimate of drug-likeness (QED) is 0.827. The van der Waals surface area contributed by atoms with Crippen molar-refractivity contribution in [3.8, 4) is 12.0 Å². The van der Waals surface area contributed by atoms with Gasteiger partial charge in [-0.1, -0.05) is 0 Å². The fraction of sp³-hybridized carbons (Fsp3) is 0.250. The molecule has 0 radical (unpaired) electrons. The molecule has 20 heavy (non-hydrogen) atoms. The van der Waals surface area contributed by atoms with E-state index in [1.54, 1.807) is 6.07 Å². The predicted molar refractivity (Wildman–Crippen MR) is 69.4 cm³/mol. The van der Waals surface area contributed by atoms with Gasteiger partial charge in [-0.15, -0.1) is 0 Å². The van der Waals surface area contributed by atoms with Gasteiger partial charge in [0.2, 0.25) is 0 Å². The van der Waals surface area contributed by atoms with Crippen molar-refractivity contribution in [3.05, 3.63) is 30.9 Å². The molecule has 2 aromatic heterocycles. The normalized spacial score (nSPS) is 9.85. The summed E-state index contributed by atoms with van der Waals surface area (Å²) in [6.07, 6.45) is 5.96. The van der Waals surface area contributed by atoms with E-state index in [-0.39, 0.29) is 24.5 Å². The van der Waals surface area contributed by atoms with Gasteiger partial charge >= 0.3 is 12.0 Å². The van der Waals surface area contributed by atoms with Crippen LogP contribution in [0.25, 0.3) is 0 Å². The molecule has 8 nitrogen and oxygen atoms in total. The lowest BCUT2D eigenvalue weighted by Crippen LogP contribution is -2.21. The van der Waals surface area contributed by atoms with Gasteiger partial charge in [-0.2, -0.15) is 0 Å². The standard InChI is InChI=1S/C12H13N5O3/c1-2-19-12-15-6-9(7-16-12)17-10(18)8-20-11-13-4-3-5-14-11/h3-7H,2,8H2,1H3,(H,17,18). The third kappa shape index (κ3) is 4.16. The number of hydrogen-bond acceptors (Lipinski definition) is 7. The molecule has 1 N–H and O–H groups in total. The van der Waals surface area contributed by atoms with Crippen molar-refractivity contribution in [1.82, 2.24) is 19.9 Å². The summed E-state index contributed by atoms with van der Waals surface area (Å²) in [4.78, 5) is 27.1. The molecule has 0 saturated heterocycles. The highest BCUT2D eigenvalue weighted by molar-refractivity contribution is 5.91. The molecule has 0 atom stereocenters. The molecular weight excluding hydrogens is 262 g/mol. The van der Waals surface area contributed by atoms with E-state index in [4.69, 9.17) is 9.47 Å². The Morgan fingerprint density at radius 2 is 1.75 bits per heavy atom. The molecule has 1 amide bonds. The number of nitrogens with zero attached hydrogens (tertiary/aromatic N) is 4. The van der Waals surface area contributed by atoms with Crippen LogP contribution in [0.2, 0.25) is 0 Å². The second-order valence-corrected chi connectivity index (χ2v) is 3.56. The minimum Gasteiger partial charge on any atom is -0.464 e. The molecule has 0 aromatic carbocycles. The van der Waals surface area contributed by atoms with Crippen molar-refractivity contribution in [2.75, 3.05) is 18.5 Å². The second kappa shape index (κ2) is 6.98. The molecule has 0 saturated carbocycles. The van der Waals surface area contributed by atoms with E-state index in [2.05, 4.69) is 25.3 Å². The van der Waals surface area contributed by atoms with Crippen LogP contribution in [0.5, 0.6) is 12.0 Å². The maximum atomic E-state index is 11.6. The van der Waals surface area contributed by atoms with Gasteiger partial charge in [0.15, 0.2) is 6.61 Å². The number of nitrogens with one attached hydrogen (secondary N) is 1. The van der Waals surface area contributed by atoms with E-state index in [0.29, 0.717) is 12.3 Å². The van der Waals surface area contributed by atoms with Gasteiger partial charge in [-0.3, -0.25) is 4.79 Å². The van der Waals surface area contributed by atoms with E-state index in [9.17, 15) is 4.79 Å². The molecule has 0 bridgehead atoms. The molecule has 0 unspecified atom stereocenters. The largest absolute Gasteiger partial charge is 0.464 e. The Bertz CT molecular complexity index is 547. The van der Waals surface area contributed by atoms with E-state index >= 15 is 0 Å². The molecule has 0 spiro atoms. The van der Waals surface area contributed by atoms with Crippen molar-refractivity contribution < 1.29 is 14.3 Å². The zero-order chi connectivity index (χ0) is 14.2. The highest BCUT2D eigenvalue weighted by Crippen LogP contribution is 2.07. The molecule has 2 rings (SSSR count). The van der Waals surface area contributed by atoms with Crippen LogP contribution in [0, 0.1) is 0 Å². The number of rotatable bonds is 6. The summed E-state index contributed by atoms with van der Waals surface area (Å²) in [5.74, 6) is -0.356. The summed E-state index contributed by atoms with van der Waals surface area (Å²) in [5, 5.41) is 2.58. The fourth-order valence-electron chi connectivity index (χ4n) is 1.27. The van der Waals surface area contributed by atoms with Crippen LogP contribution < -0.4 is 14.8 Å². The van der Waals surface area contributed by atoms with E-state index < -0.39 is 0 Å². The summed E-state index contributed by atoms with van der Waals surface area (Å²) in [7, 11) is 0. The smallest absolute Gasteiger partial charge is 0.316 e. The second-order valence-electron chi connectivity index (χ2n) is 3.56. The summed E-state index contributed by atoms with van der Waals surface area (Å²) in [5.41, 5.74) is 0.455. The minimum absolute atomic E-state index is 0.144. The molecule has 2 aromatic rings. The molecule has 104 valence electrons. The number of hydrogen-bond donors (Lipinski definition) is 1. The predicted octanol–water partition coefficient (Wildman–Crippen LogP) is 0.683. The Hall–Kier alpha value is -2.77. The van der Waals surface area contributed by atoms with Crippen LogP contribution in [0.1, 0.15) is 6.92 Å². The highest BCUT2D eigenvalue weighted by Gasteiger charge is 2.06. The summed E-state index contributed by atoms with van der Waals surface area (Å²) < 4.78 is 10.2. The van der Waals surface area contributed by atoms with Gasteiger partial charge in [0.25, 0.3) is 5.91 Å². The van der Waals surface area contributed by atoms with Crippen molar-refractivity contribution >= 4 is 11.6 Å². The first-order chi connectivity index (χ1) is 9.78. The maximum Gasteiger partial charge on any atom is 0.316 e. The number of carbonyl (C=O) groups is 1. The van der Waals surface area contributed by atoms with Gasteiger partial charge in [-0.25, -0.2) is 19.9 Å². The van der Waals surface area contributed by atoms with Gasteiger partial charge in [0.1, 0.15) is 0 Å².